The summed E-state index contributed by atoms with van der Waals surface area (Å²) in [6.07, 6.45) is 0.990. The van der Waals surface area contributed by atoms with Gasteiger partial charge in [-0.05, 0) is 37.2 Å². The minimum atomic E-state index is -0.118. The van der Waals surface area contributed by atoms with Gasteiger partial charge in [-0.2, -0.15) is 0 Å². The van der Waals surface area contributed by atoms with E-state index in [1.165, 1.54) is 0 Å². The summed E-state index contributed by atoms with van der Waals surface area (Å²) in [5.41, 5.74) is 1.87. The Morgan fingerprint density at radius 1 is 1.23 bits per heavy atom. The zero-order chi connectivity index (χ0) is 15.8. The number of anilines is 1. The van der Waals surface area contributed by atoms with Crippen molar-refractivity contribution in [3.63, 3.8) is 0 Å². The highest BCUT2D eigenvalue weighted by Gasteiger charge is 2.18. The van der Waals surface area contributed by atoms with E-state index in [4.69, 9.17) is 4.74 Å². The Morgan fingerprint density at radius 2 is 2.00 bits per heavy atom. The van der Waals surface area contributed by atoms with Crippen molar-refractivity contribution in [2.24, 2.45) is 0 Å². The third-order valence-corrected chi connectivity index (χ3v) is 4.20. The van der Waals surface area contributed by atoms with E-state index in [9.17, 15) is 4.39 Å². The Hall–Kier alpha value is -1.17. The lowest BCUT2D eigenvalue weighted by molar-refractivity contribution is 0.194. The summed E-state index contributed by atoms with van der Waals surface area (Å²) in [5.74, 6) is -0.118. The first-order valence-electron chi connectivity index (χ1n) is 8.20. The highest BCUT2D eigenvalue weighted by Crippen LogP contribution is 2.22. The minimum absolute atomic E-state index is 0.118. The van der Waals surface area contributed by atoms with Crippen molar-refractivity contribution in [3.05, 3.63) is 29.6 Å². The van der Waals surface area contributed by atoms with Gasteiger partial charge >= 0.3 is 0 Å². The van der Waals surface area contributed by atoms with Crippen molar-refractivity contribution < 1.29 is 9.13 Å². The lowest BCUT2D eigenvalue weighted by Gasteiger charge is -2.35. The van der Waals surface area contributed by atoms with Crippen LogP contribution < -0.4 is 10.2 Å². The molecule has 1 saturated heterocycles. The van der Waals surface area contributed by atoms with Crippen molar-refractivity contribution in [1.29, 1.82) is 0 Å². The van der Waals surface area contributed by atoms with Crippen LogP contribution in [0.3, 0.4) is 0 Å². The van der Waals surface area contributed by atoms with Gasteiger partial charge in [0.1, 0.15) is 5.82 Å². The first-order chi connectivity index (χ1) is 10.7. The van der Waals surface area contributed by atoms with Crippen LogP contribution in [0.25, 0.3) is 0 Å². The highest BCUT2D eigenvalue weighted by molar-refractivity contribution is 5.50. The second kappa shape index (κ2) is 9.08. The number of methoxy groups -OCH3 is 1. The van der Waals surface area contributed by atoms with Crippen LogP contribution in [0, 0.1) is 5.82 Å². The molecular weight excluding hydrogens is 281 g/mol. The molecule has 5 heteroatoms. The van der Waals surface area contributed by atoms with Crippen molar-refractivity contribution in [3.8, 4) is 0 Å². The fourth-order valence-electron chi connectivity index (χ4n) is 2.79. The number of piperazine rings is 1. The fourth-order valence-corrected chi connectivity index (χ4v) is 2.79. The van der Waals surface area contributed by atoms with E-state index < -0.39 is 0 Å². The van der Waals surface area contributed by atoms with Crippen LogP contribution in [0.2, 0.25) is 0 Å². The smallest absolute Gasteiger partial charge is 0.146 e. The summed E-state index contributed by atoms with van der Waals surface area (Å²) in [7, 11) is 1.71. The van der Waals surface area contributed by atoms with Gasteiger partial charge in [-0.1, -0.05) is 13.0 Å². The Labute approximate surface area is 133 Å². The molecule has 2 rings (SSSR count). The van der Waals surface area contributed by atoms with Gasteiger partial charge in [0, 0.05) is 46.4 Å². The normalized spacial score (nSPS) is 16.2. The number of hydrogen-bond donors (Lipinski definition) is 1. The average Bonchev–Trinajstić information content (AvgIpc) is 2.56. The third-order valence-electron chi connectivity index (χ3n) is 4.20. The molecule has 0 bridgehead atoms. The van der Waals surface area contributed by atoms with Crippen LogP contribution in [-0.4, -0.2) is 57.9 Å². The molecule has 1 N–H and O–H groups in total. The topological polar surface area (TPSA) is 27.7 Å². The minimum Gasteiger partial charge on any atom is -0.385 e. The number of likely N-dealkylation sites (N-methyl/N-ethyl adjacent to an activating group) is 1. The number of nitrogens with zero attached hydrogens (tertiary/aromatic N) is 2. The number of benzene rings is 1. The number of rotatable bonds is 8. The van der Waals surface area contributed by atoms with E-state index in [1.54, 1.807) is 13.2 Å². The molecule has 0 aromatic heterocycles. The lowest BCUT2D eigenvalue weighted by Crippen LogP contribution is -2.46. The predicted octanol–water partition coefficient (Wildman–Crippen LogP) is 2.09. The Bertz CT molecular complexity index is 448. The van der Waals surface area contributed by atoms with E-state index in [1.807, 2.05) is 12.1 Å². The quantitative estimate of drug-likeness (QED) is 0.744. The standard InChI is InChI=1S/C17H28FN3O/c1-3-20-8-10-21(11-9-20)17-13-15(5-6-16(17)18)14-19-7-4-12-22-2/h5-6,13,19H,3-4,7-12,14H2,1-2H3. The number of halogens is 1. The molecule has 1 fully saturated rings. The van der Waals surface area contributed by atoms with Gasteiger partial charge in [0.25, 0.3) is 0 Å². The molecule has 1 aromatic carbocycles. The molecule has 1 heterocycles. The molecule has 0 aliphatic carbocycles. The Balaban J connectivity index is 1.89. The monoisotopic (exact) mass is 309 g/mol. The molecule has 1 aromatic rings. The highest BCUT2D eigenvalue weighted by atomic mass is 19.1. The maximum absolute atomic E-state index is 14.1. The number of nitrogens with one attached hydrogen (secondary N) is 1. The summed E-state index contributed by atoms with van der Waals surface area (Å²) in [5, 5.41) is 3.37. The fraction of sp³-hybridized carbons (Fsp3) is 0.647. The maximum Gasteiger partial charge on any atom is 0.146 e. The SMILES string of the molecule is CCN1CCN(c2cc(CNCCCOC)ccc2F)CC1. The van der Waals surface area contributed by atoms with Crippen LogP contribution in [-0.2, 0) is 11.3 Å². The molecule has 0 radical (unpaired) electrons. The molecule has 22 heavy (non-hydrogen) atoms. The summed E-state index contributed by atoms with van der Waals surface area (Å²) in [6, 6.07) is 5.44. The first kappa shape index (κ1) is 17.2. The van der Waals surface area contributed by atoms with Gasteiger partial charge in [-0.3, -0.25) is 0 Å². The van der Waals surface area contributed by atoms with E-state index in [0.29, 0.717) is 0 Å². The number of ether oxygens (including phenoxy) is 1. The molecule has 1 aliphatic heterocycles. The van der Waals surface area contributed by atoms with Gasteiger partial charge < -0.3 is 19.9 Å². The van der Waals surface area contributed by atoms with Gasteiger partial charge in [0.05, 0.1) is 5.69 Å². The van der Waals surface area contributed by atoms with Crippen molar-refractivity contribution >= 4 is 5.69 Å². The Kier molecular flexibility index (Phi) is 7.09. The largest absolute Gasteiger partial charge is 0.385 e. The molecule has 0 saturated carbocycles. The molecule has 0 atom stereocenters. The number of hydrogen-bond acceptors (Lipinski definition) is 4. The summed E-state index contributed by atoms with van der Waals surface area (Å²) in [4.78, 5) is 4.56. The second-order valence-electron chi connectivity index (χ2n) is 5.73. The van der Waals surface area contributed by atoms with Gasteiger partial charge in [0.15, 0.2) is 0 Å². The van der Waals surface area contributed by atoms with E-state index in [0.717, 1.165) is 70.1 Å². The van der Waals surface area contributed by atoms with Crippen molar-refractivity contribution in [2.75, 3.05) is 57.9 Å². The van der Waals surface area contributed by atoms with Crippen molar-refractivity contribution in [1.82, 2.24) is 10.2 Å². The van der Waals surface area contributed by atoms with Crippen LogP contribution in [0.1, 0.15) is 18.9 Å². The molecule has 0 amide bonds. The predicted molar refractivity (Wildman–Crippen MR) is 88.9 cm³/mol. The molecule has 4 nitrogen and oxygen atoms in total. The Morgan fingerprint density at radius 3 is 2.68 bits per heavy atom. The molecule has 0 unspecified atom stereocenters. The molecular formula is C17H28FN3O. The van der Waals surface area contributed by atoms with Crippen LogP contribution in [0.4, 0.5) is 10.1 Å². The lowest BCUT2D eigenvalue weighted by atomic mass is 10.1. The van der Waals surface area contributed by atoms with Crippen LogP contribution in [0.5, 0.6) is 0 Å². The maximum atomic E-state index is 14.1. The molecule has 124 valence electrons. The van der Waals surface area contributed by atoms with E-state index >= 15 is 0 Å². The van der Waals surface area contributed by atoms with Crippen molar-refractivity contribution in [2.45, 2.75) is 19.9 Å². The molecule has 0 spiro atoms. The molecule has 1 aliphatic rings. The zero-order valence-corrected chi connectivity index (χ0v) is 13.8. The summed E-state index contributed by atoms with van der Waals surface area (Å²) < 4.78 is 19.2. The zero-order valence-electron chi connectivity index (χ0n) is 13.8. The van der Waals surface area contributed by atoms with E-state index in [-0.39, 0.29) is 5.82 Å². The van der Waals surface area contributed by atoms with Gasteiger partial charge in [-0.25, -0.2) is 4.39 Å². The second-order valence-corrected chi connectivity index (χ2v) is 5.73. The summed E-state index contributed by atoms with van der Waals surface area (Å²) >= 11 is 0. The summed E-state index contributed by atoms with van der Waals surface area (Å²) in [6.45, 7) is 9.51. The average molecular weight is 309 g/mol. The van der Waals surface area contributed by atoms with Crippen LogP contribution in [0.15, 0.2) is 18.2 Å². The van der Waals surface area contributed by atoms with E-state index in [2.05, 4.69) is 22.0 Å². The first-order valence-corrected chi connectivity index (χ1v) is 8.20. The third kappa shape index (κ3) is 4.93. The van der Waals surface area contributed by atoms with Gasteiger partial charge in [-0.15, -0.1) is 0 Å². The van der Waals surface area contributed by atoms with Gasteiger partial charge in [0.2, 0.25) is 0 Å². The van der Waals surface area contributed by atoms with Crippen LogP contribution >= 0.6 is 0 Å².